The molecule has 2 rings (SSSR count). The Bertz CT molecular complexity index is 454. The van der Waals surface area contributed by atoms with Gasteiger partial charge in [0.2, 0.25) is 0 Å². The van der Waals surface area contributed by atoms with Crippen molar-refractivity contribution in [2.24, 2.45) is 5.92 Å². The maximum absolute atomic E-state index is 12.9. The molecule has 3 nitrogen and oxygen atoms in total. The van der Waals surface area contributed by atoms with E-state index in [-0.39, 0.29) is 17.9 Å². The third-order valence-corrected chi connectivity index (χ3v) is 3.41. The molecule has 6 heteroatoms. The van der Waals surface area contributed by atoms with Gasteiger partial charge in [-0.1, -0.05) is 0 Å². The normalized spacial score (nSPS) is 20.5. The average Bonchev–Trinajstić information content (AvgIpc) is 2.33. The second-order valence-electron chi connectivity index (χ2n) is 4.91. The van der Waals surface area contributed by atoms with Crippen LogP contribution in [0.3, 0.4) is 0 Å². The molecule has 1 atom stereocenters. The molecule has 1 aliphatic heterocycles. The average molecular weight is 275 g/mol. The highest BCUT2D eigenvalue weighted by Crippen LogP contribution is 2.39. The standard InChI is InChI=1S/C13H16F3NO2/c14-13(15,16)10-6-12(19)11(18)5-9(10)4-8-2-1-3-17-7-8/h5-6,8,17-19H,1-4,7H2. The summed E-state index contributed by atoms with van der Waals surface area (Å²) in [5.74, 6) is -1.12. The van der Waals surface area contributed by atoms with E-state index in [2.05, 4.69) is 5.32 Å². The Labute approximate surface area is 109 Å². The molecule has 0 bridgehead atoms. The van der Waals surface area contributed by atoms with Crippen LogP contribution in [0, 0.1) is 5.92 Å². The Kier molecular flexibility index (Phi) is 3.89. The number of hydrogen-bond donors (Lipinski definition) is 3. The van der Waals surface area contributed by atoms with Gasteiger partial charge in [-0.2, -0.15) is 13.2 Å². The van der Waals surface area contributed by atoms with Gasteiger partial charge in [0.05, 0.1) is 5.56 Å². The molecule has 0 aromatic heterocycles. The number of hydrogen-bond acceptors (Lipinski definition) is 3. The van der Waals surface area contributed by atoms with Crippen LogP contribution >= 0.6 is 0 Å². The van der Waals surface area contributed by atoms with E-state index in [1.807, 2.05) is 0 Å². The van der Waals surface area contributed by atoms with Crippen molar-refractivity contribution in [3.63, 3.8) is 0 Å². The van der Waals surface area contributed by atoms with E-state index in [0.717, 1.165) is 25.5 Å². The molecule has 0 radical (unpaired) electrons. The molecule has 19 heavy (non-hydrogen) atoms. The number of nitrogens with one attached hydrogen (secondary N) is 1. The highest BCUT2D eigenvalue weighted by Gasteiger charge is 2.35. The summed E-state index contributed by atoms with van der Waals surface area (Å²) in [6.07, 6.45) is -2.47. The first kappa shape index (κ1) is 14.0. The first-order valence-corrected chi connectivity index (χ1v) is 6.20. The van der Waals surface area contributed by atoms with Gasteiger partial charge in [0.1, 0.15) is 0 Å². The Morgan fingerprint density at radius 2 is 1.89 bits per heavy atom. The highest BCUT2D eigenvalue weighted by atomic mass is 19.4. The van der Waals surface area contributed by atoms with E-state index < -0.39 is 23.2 Å². The first-order chi connectivity index (χ1) is 8.88. The van der Waals surface area contributed by atoms with Crippen LogP contribution < -0.4 is 5.32 Å². The van der Waals surface area contributed by atoms with Crippen molar-refractivity contribution in [3.8, 4) is 11.5 Å². The Morgan fingerprint density at radius 3 is 2.47 bits per heavy atom. The minimum absolute atomic E-state index is 0.0384. The van der Waals surface area contributed by atoms with Crippen molar-refractivity contribution in [2.45, 2.75) is 25.4 Å². The smallest absolute Gasteiger partial charge is 0.416 e. The van der Waals surface area contributed by atoms with Crippen LogP contribution in [-0.2, 0) is 12.6 Å². The Balaban J connectivity index is 2.29. The number of piperidine rings is 1. The van der Waals surface area contributed by atoms with E-state index in [9.17, 15) is 23.4 Å². The fraction of sp³-hybridized carbons (Fsp3) is 0.538. The van der Waals surface area contributed by atoms with Crippen molar-refractivity contribution < 1.29 is 23.4 Å². The molecule has 1 aromatic carbocycles. The summed E-state index contributed by atoms with van der Waals surface area (Å²) in [5.41, 5.74) is -0.829. The minimum Gasteiger partial charge on any atom is -0.504 e. The van der Waals surface area contributed by atoms with E-state index in [1.54, 1.807) is 0 Å². The van der Waals surface area contributed by atoms with Gasteiger partial charge in [-0.25, -0.2) is 0 Å². The van der Waals surface area contributed by atoms with Gasteiger partial charge in [-0.05, 0) is 56.0 Å². The van der Waals surface area contributed by atoms with Gasteiger partial charge in [0, 0.05) is 0 Å². The molecule has 0 saturated carbocycles. The topological polar surface area (TPSA) is 52.5 Å². The Morgan fingerprint density at radius 1 is 1.21 bits per heavy atom. The summed E-state index contributed by atoms with van der Waals surface area (Å²) < 4.78 is 38.7. The number of phenols is 2. The van der Waals surface area contributed by atoms with Gasteiger partial charge < -0.3 is 15.5 Å². The van der Waals surface area contributed by atoms with Crippen molar-refractivity contribution >= 4 is 0 Å². The maximum Gasteiger partial charge on any atom is 0.416 e. The molecule has 0 amide bonds. The zero-order valence-corrected chi connectivity index (χ0v) is 10.3. The molecule has 1 saturated heterocycles. The second kappa shape index (κ2) is 5.28. The summed E-state index contributed by atoms with van der Waals surface area (Å²) >= 11 is 0. The van der Waals surface area contributed by atoms with Crippen LogP contribution in [0.4, 0.5) is 13.2 Å². The first-order valence-electron chi connectivity index (χ1n) is 6.20. The molecular formula is C13H16F3NO2. The molecule has 1 aromatic rings. The lowest BCUT2D eigenvalue weighted by atomic mass is 9.90. The van der Waals surface area contributed by atoms with Crippen LogP contribution in [0.5, 0.6) is 11.5 Å². The third-order valence-electron chi connectivity index (χ3n) is 3.41. The third kappa shape index (κ3) is 3.32. The van der Waals surface area contributed by atoms with Crippen molar-refractivity contribution in [3.05, 3.63) is 23.3 Å². The molecule has 0 spiro atoms. The highest BCUT2D eigenvalue weighted by molar-refractivity contribution is 5.46. The number of halogens is 3. The van der Waals surface area contributed by atoms with Gasteiger partial charge in [0.15, 0.2) is 11.5 Å². The summed E-state index contributed by atoms with van der Waals surface area (Å²) in [5, 5.41) is 21.8. The lowest BCUT2D eigenvalue weighted by Gasteiger charge is -2.24. The molecular weight excluding hydrogens is 259 g/mol. The summed E-state index contributed by atoms with van der Waals surface area (Å²) in [4.78, 5) is 0. The van der Waals surface area contributed by atoms with Gasteiger partial charge in [-0.3, -0.25) is 0 Å². The van der Waals surface area contributed by atoms with Crippen molar-refractivity contribution in [2.75, 3.05) is 13.1 Å². The zero-order valence-electron chi connectivity index (χ0n) is 10.3. The number of alkyl halides is 3. The van der Waals surface area contributed by atoms with Gasteiger partial charge in [0.25, 0.3) is 0 Å². The minimum atomic E-state index is -4.53. The molecule has 1 fully saturated rings. The quantitative estimate of drug-likeness (QED) is 0.727. The molecule has 1 aliphatic rings. The fourth-order valence-electron chi connectivity index (χ4n) is 2.46. The van der Waals surface area contributed by atoms with Crippen molar-refractivity contribution in [1.82, 2.24) is 5.32 Å². The number of benzene rings is 1. The molecule has 106 valence electrons. The summed E-state index contributed by atoms with van der Waals surface area (Å²) in [6.45, 7) is 1.57. The summed E-state index contributed by atoms with van der Waals surface area (Å²) in [7, 11) is 0. The number of rotatable bonds is 2. The monoisotopic (exact) mass is 275 g/mol. The van der Waals surface area contributed by atoms with Gasteiger partial charge >= 0.3 is 6.18 Å². The van der Waals surface area contributed by atoms with Crippen LogP contribution in [0.2, 0.25) is 0 Å². The zero-order chi connectivity index (χ0) is 14.0. The van der Waals surface area contributed by atoms with Crippen LogP contribution in [-0.4, -0.2) is 23.3 Å². The SMILES string of the molecule is Oc1cc(CC2CCCNC2)c(C(F)(F)F)cc1O. The molecule has 1 heterocycles. The van der Waals surface area contributed by atoms with Gasteiger partial charge in [-0.15, -0.1) is 0 Å². The number of phenolic OH excluding ortho intramolecular Hbond substituents is 2. The predicted molar refractivity (Wildman–Crippen MR) is 64.1 cm³/mol. The molecule has 0 aliphatic carbocycles. The predicted octanol–water partition coefficient (Wildman–Crippen LogP) is 2.66. The lowest BCUT2D eigenvalue weighted by Crippen LogP contribution is -2.31. The molecule has 3 N–H and O–H groups in total. The van der Waals surface area contributed by atoms with E-state index in [1.165, 1.54) is 0 Å². The van der Waals surface area contributed by atoms with E-state index in [0.29, 0.717) is 12.6 Å². The second-order valence-corrected chi connectivity index (χ2v) is 4.91. The van der Waals surface area contributed by atoms with E-state index >= 15 is 0 Å². The van der Waals surface area contributed by atoms with Crippen LogP contribution in [0.1, 0.15) is 24.0 Å². The van der Waals surface area contributed by atoms with Crippen LogP contribution in [0.15, 0.2) is 12.1 Å². The van der Waals surface area contributed by atoms with E-state index in [4.69, 9.17) is 0 Å². The van der Waals surface area contributed by atoms with Crippen molar-refractivity contribution in [1.29, 1.82) is 0 Å². The Hall–Kier alpha value is -1.43. The molecule has 1 unspecified atom stereocenters. The largest absolute Gasteiger partial charge is 0.504 e. The van der Waals surface area contributed by atoms with Crippen LogP contribution in [0.25, 0.3) is 0 Å². The lowest BCUT2D eigenvalue weighted by molar-refractivity contribution is -0.138. The number of aromatic hydroxyl groups is 2. The fourth-order valence-corrected chi connectivity index (χ4v) is 2.46. The maximum atomic E-state index is 12.9. The summed E-state index contributed by atoms with van der Waals surface area (Å²) in [6, 6.07) is 1.62.